The molecule has 0 saturated heterocycles. The van der Waals surface area contributed by atoms with E-state index in [0.717, 1.165) is 0 Å². The lowest BCUT2D eigenvalue weighted by molar-refractivity contribution is -0.118. The summed E-state index contributed by atoms with van der Waals surface area (Å²) in [5.74, 6) is -0.467. The van der Waals surface area contributed by atoms with E-state index in [-0.39, 0.29) is 37.2 Å². The number of hydrogen-bond donors (Lipinski definition) is 3. The van der Waals surface area contributed by atoms with Crippen LogP contribution in [0.25, 0.3) is 0 Å². The number of anilines is 1. The Labute approximate surface area is 178 Å². The van der Waals surface area contributed by atoms with Crippen molar-refractivity contribution in [2.24, 2.45) is 5.73 Å². The molecule has 0 bridgehead atoms. The molecule has 0 unspecified atom stereocenters. The van der Waals surface area contributed by atoms with E-state index in [1.807, 2.05) is 0 Å². The summed E-state index contributed by atoms with van der Waals surface area (Å²) < 4.78 is 10.9. The summed E-state index contributed by atoms with van der Waals surface area (Å²) in [6.07, 6.45) is -0.0361. The average molecular weight is 425 g/mol. The van der Waals surface area contributed by atoms with Crippen LogP contribution in [0.5, 0.6) is 11.5 Å². The van der Waals surface area contributed by atoms with E-state index in [0.29, 0.717) is 36.0 Å². The zero-order valence-electron chi connectivity index (χ0n) is 16.8. The van der Waals surface area contributed by atoms with Gasteiger partial charge in [-0.05, 0) is 30.3 Å². The lowest BCUT2D eigenvalue weighted by atomic mass is 10.1. The molecule has 0 spiro atoms. The third-order valence-electron chi connectivity index (χ3n) is 4.55. The normalized spacial score (nSPS) is 12.0. The predicted molar refractivity (Wildman–Crippen MR) is 112 cm³/mol. The minimum Gasteiger partial charge on any atom is -0.486 e. The molecule has 2 aromatic carbocycles. The van der Waals surface area contributed by atoms with E-state index in [4.69, 9.17) is 15.2 Å². The second kappa shape index (κ2) is 10.2. The Morgan fingerprint density at radius 2 is 1.65 bits per heavy atom. The van der Waals surface area contributed by atoms with E-state index in [1.54, 1.807) is 42.5 Å². The number of primary amides is 1. The maximum atomic E-state index is 12.5. The number of benzene rings is 2. The number of amides is 3. The molecule has 0 aliphatic carbocycles. The van der Waals surface area contributed by atoms with Gasteiger partial charge in [-0.1, -0.05) is 12.1 Å². The molecule has 4 N–H and O–H groups in total. The molecule has 1 aliphatic heterocycles. The zero-order valence-corrected chi connectivity index (χ0v) is 16.8. The Morgan fingerprint density at radius 1 is 0.903 bits per heavy atom. The summed E-state index contributed by atoms with van der Waals surface area (Å²) in [6, 6.07) is 11.4. The van der Waals surface area contributed by atoms with Crippen LogP contribution in [0.4, 0.5) is 5.69 Å². The first-order valence-electron chi connectivity index (χ1n) is 9.82. The lowest BCUT2D eigenvalue weighted by Crippen LogP contribution is -2.28. The Morgan fingerprint density at radius 3 is 2.42 bits per heavy atom. The van der Waals surface area contributed by atoms with Crippen LogP contribution >= 0.6 is 0 Å². The van der Waals surface area contributed by atoms with Crippen molar-refractivity contribution in [3.63, 3.8) is 0 Å². The first kappa shape index (κ1) is 21.8. The highest BCUT2D eigenvalue weighted by Crippen LogP contribution is 2.31. The quantitative estimate of drug-likeness (QED) is 0.523. The molecule has 2 aromatic rings. The van der Waals surface area contributed by atoms with Crippen LogP contribution in [0.2, 0.25) is 0 Å². The van der Waals surface area contributed by atoms with Gasteiger partial charge in [-0.15, -0.1) is 0 Å². The molecule has 3 amide bonds. The van der Waals surface area contributed by atoms with Crippen molar-refractivity contribution in [1.29, 1.82) is 0 Å². The van der Waals surface area contributed by atoms with E-state index >= 15 is 0 Å². The van der Waals surface area contributed by atoms with Gasteiger partial charge in [0.05, 0.1) is 11.3 Å². The number of carbonyl (C=O) groups excluding carboxylic acids is 4. The van der Waals surface area contributed by atoms with Crippen molar-refractivity contribution in [3.8, 4) is 11.5 Å². The van der Waals surface area contributed by atoms with E-state index < -0.39 is 17.7 Å². The van der Waals surface area contributed by atoms with Crippen LogP contribution in [0.3, 0.4) is 0 Å². The number of Topliss-reactive ketones (excluding diaryl/α,β-unsaturated/α-hetero) is 1. The third-order valence-corrected chi connectivity index (χ3v) is 4.55. The molecule has 31 heavy (non-hydrogen) atoms. The van der Waals surface area contributed by atoms with Crippen LogP contribution in [0.15, 0.2) is 42.5 Å². The Hall–Kier alpha value is -3.88. The Bertz CT molecular complexity index is 1000. The molecule has 9 heteroatoms. The first-order chi connectivity index (χ1) is 14.9. The number of nitrogens with two attached hydrogens (primary N) is 1. The number of para-hydroxylation sites is 1. The summed E-state index contributed by atoms with van der Waals surface area (Å²) in [6.45, 7) is 0.980. The van der Waals surface area contributed by atoms with Gasteiger partial charge in [0.2, 0.25) is 11.8 Å². The maximum Gasteiger partial charge on any atom is 0.253 e. The number of fused-ring (bicyclic) bond motifs is 1. The van der Waals surface area contributed by atoms with Crippen LogP contribution in [0.1, 0.15) is 40.0 Å². The molecular weight excluding hydrogens is 402 g/mol. The Balaban J connectivity index is 1.55. The van der Waals surface area contributed by atoms with Crippen molar-refractivity contribution >= 4 is 29.2 Å². The number of ketones is 1. The molecule has 0 aromatic heterocycles. The second-order valence-corrected chi connectivity index (χ2v) is 6.85. The van der Waals surface area contributed by atoms with Crippen molar-refractivity contribution < 1.29 is 28.7 Å². The number of hydrogen-bond acceptors (Lipinski definition) is 6. The summed E-state index contributed by atoms with van der Waals surface area (Å²) in [5, 5.41) is 5.23. The van der Waals surface area contributed by atoms with Crippen molar-refractivity contribution in [2.45, 2.75) is 19.3 Å². The van der Waals surface area contributed by atoms with E-state index in [1.165, 1.54) is 0 Å². The number of rotatable bonds is 9. The molecule has 0 radical (unpaired) electrons. The van der Waals surface area contributed by atoms with Crippen LogP contribution in [-0.2, 0) is 9.59 Å². The molecule has 0 fully saturated rings. The van der Waals surface area contributed by atoms with Gasteiger partial charge in [-0.2, -0.15) is 0 Å². The van der Waals surface area contributed by atoms with Gasteiger partial charge in [-0.25, -0.2) is 0 Å². The van der Waals surface area contributed by atoms with E-state index in [9.17, 15) is 19.2 Å². The fourth-order valence-corrected chi connectivity index (χ4v) is 2.99. The van der Waals surface area contributed by atoms with Crippen LogP contribution in [-0.4, -0.2) is 43.3 Å². The average Bonchev–Trinajstić information content (AvgIpc) is 2.77. The van der Waals surface area contributed by atoms with Crippen LogP contribution < -0.4 is 25.8 Å². The molecular formula is C22H23N3O6. The van der Waals surface area contributed by atoms with Crippen LogP contribution in [0, 0.1) is 0 Å². The Kier molecular flexibility index (Phi) is 7.21. The number of ether oxygens (including phenoxy) is 2. The molecule has 1 aliphatic rings. The maximum absolute atomic E-state index is 12.5. The zero-order chi connectivity index (χ0) is 22.2. The monoisotopic (exact) mass is 425 g/mol. The highest BCUT2D eigenvalue weighted by atomic mass is 16.6. The summed E-state index contributed by atoms with van der Waals surface area (Å²) in [7, 11) is 0. The van der Waals surface area contributed by atoms with Crippen molar-refractivity contribution in [2.75, 3.05) is 25.1 Å². The standard InChI is InChI=1S/C22H23N3O6/c23-20(27)9-10-24-22(29)15-3-1-2-4-16(15)25-21(28)8-6-17(26)14-5-7-18-19(13-14)31-12-11-30-18/h1-5,7,13H,6,8-12H2,(H2,23,27)(H,24,29)(H,25,28). The topological polar surface area (TPSA) is 137 Å². The van der Waals surface area contributed by atoms with Gasteiger partial charge >= 0.3 is 0 Å². The SMILES string of the molecule is NC(=O)CCNC(=O)c1ccccc1NC(=O)CCC(=O)c1ccc2c(c1)OCCO2. The number of carbonyl (C=O) groups is 4. The molecule has 1 heterocycles. The second-order valence-electron chi connectivity index (χ2n) is 6.85. The summed E-state index contributed by atoms with van der Waals surface area (Å²) >= 11 is 0. The first-order valence-corrected chi connectivity index (χ1v) is 9.82. The highest BCUT2D eigenvalue weighted by molar-refractivity contribution is 6.05. The fraction of sp³-hybridized carbons (Fsp3) is 0.273. The molecule has 3 rings (SSSR count). The van der Waals surface area contributed by atoms with Crippen molar-refractivity contribution in [3.05, 3.63) is 53.6 Å². The van der Waals surface area contributed by atoms with Gasteiger partial charge in [-0.3, -0.25) is 19.2 Å². The molecule has 0 saturated carbocycles. The third kappa shape index (κ3) is 6.05. The minimum atomic E-state index is -0.524. The molecule has 162 valence electrons. The summed E-state index contributed by atoms with van der Waals surface area (Å²) in [5.41, 5.74) is 6.06. The minimum absolute atomic E-state index is 0.00154. The van der Waals surface area contributed by atoms with Gasteiger partial charge in [0.25, 0.3) is 5.91 Å². The largest absolute Gasteiger partial charge is 0.486 e. The fourth-order valence-electron chi connectivity index (χ4n) is 2.99. The van der Waals surface area contributed by atoms with E-state index in [2.05, 4.69) is 10.6 Å². The van der Waals surface area contributed by atoms with Gasteiger partial charge in [0, 0.05) is 31.4 Å². The highest BCUT2D eigenvalue weighted by Gasteiger charge is 2.17. The van der Waals surface area contributed by atoms with Gasteiger partial charge in [0.1, 0.15) is 13.2 Å². The smallest absolute Gasteiger partial charge is 0.253 e. The summed E-state index contributed by atoms with van der Waals surface area (Å²) in [4.78, 5) is 47.9. The lowest BCUT2D eigenvalue weighted by Gasteiger charge is -2.18. The van der Waals surface area contributed by atoms with Gasteiger partial charge in [0.15, 0.2) is 17.3 Å². The molecule has 9 nitrogen and oxygen atoms in total. The number of nitrogens with one attached hydrogen (secondary N) is 2. The van der Waals surface area contributed by atoms with Crippen molar-refractivity contribution in [1.82, 2.24) is 5.32 Å². The molecule has 0 atom stereocenters. The predicted octanol–water partition coefficient (Wildman–Crippen LogP) is 1.66. The van der Waals surface area contributed by atoms with Gasteiger partial charge < -0.3 is 25.8 Å².